The van der Waals surface area contributed by atoms with Gasteiger partial charge in [-0.1, -0.05) is 6.92 Å². The predicted molar refractivity (Wildman–Crippen MR) is 139 cm³/mol. The normalized spacial score (nSPS) is 20.1. The lowest BCUT2D eigenvalue weighted by atomic mass is 10.0. The zero-order chi connectivity index (χ0) is 23.9. The summed E-state index contributed by atoms with van der Waals surface area (Å²) in [5.41, 5.74) is 5.76. The van der Waals surface area contributed by atoms with Crippen molar-refractivity contribution in [1.82, 2.24) is 20.3 Å². The van der Waals surface area contributed by atoms with Crippen molar-refractivity contribution >= 4 is 27.7 Å². The third-order valence-electron chi connectivity index (χ3n) is 6.99. The number of hydrogen-bond acceptors (Lipinski definition) is 6. The van der Waals surface area contributed by atoms with Gasteiger partial charge < -0.3 is 19.9 Å². The maximum absolute atomic E-state index is 13.4. The highest BCUT2D eigenvalue weighted by atomic mass is 32.2. The van der Waals surface area contributed by atoms with E-state index >= 15 is 0 Å². The second-order valence-electron chi connectivity index (χ2n) is 9.89. The van der Waals surface area contributed by atoms with Crippen LogP contribution < -0.4 is 10.2 Å². The van der Waals surface area contributed by atoms with E-state index in [4.69, 9.17) is 14.7 Å². The van der Waals surface area contributed by atoms with Crippen molar-refractivity contribution in [3.63, 3.8) is 0 Å². The fourth-order valence-corrected chi connectivity index (χ4v) is 6.49. The van der Waals surface area contributed by atoms with E-state index in [0.29, 0.717) is 18.5 Å². The summed E-state index contributed by atoms with van der Waals surface area (Å²) >= 11 is 0. The van der Waals surface area contributed by atoms with E-state index in [1.165, 1.54) is 0 Å². The Balaban J connectivity index is 1.61. The number of morpholine rings is 1. The Kier molecular flexibility index (Phi) is 6.48. The average Bonchev–Trinajstić information content (AvgIpc) is 3.62. The highest BCUT2D eigenvalue weighted by Crippen LogP contribution is 2.40. The molecular weight excluding hydrogens is 446 g/mol. The van der Waals surface area contributed by atoms with Gasteiger partial charge in [-0.2, -0.15) is 0 Å². The molecule has 2 atom stereocenters. The number of rotatable bonds is 8. The molecule has 1 saturated carbocycles. The summed E-state index contributed by atoms with van der Waals surface area (Å²) in [5, 5.41) is 3.48. The van der Waals surface area contributed by atoms with Crippen LogP contribution in [0.5, 0.6) is 0 Å². The van der Waals surface area contributed by atoms with Gasteiger partial charge in [-0.05, 0) is 76.1 Å². The molecule has 1 aliphatic carbocycles. The van der Waals surface area contributed by atoms with Crippen LogP contribution in [0.2, 0.25) is 0 Å². The highest BCUT2D eigenvalue weighted by Gasteiger charge is 2.40. The number of aromatic nitrogens is 3. The first-order valence-corrected chi connectivity index (χ1v) is 13.5. The molecule has 3 aromatic heterocycles. The molecule has 8 heteroatoms. The maximum atomic E-state index is 13.4. The molecule has 2 N–H and O–H groups in total. The minimum absolute atomic E-state index is 0.283. The number of anilines is 1. The van der Waals surface area contributed by atoms with Gasteiger partial charge in [-0.15, -0.1) is 0 Å². The number of H-pyrrole nitrogens is 1. The molecule has 1 saturated heterocycles. The summed E-state index contributed by atoms with van der Waals surface area (Å²) in [6.45, 7) is 9.36. The van der Waals surface area contributed by atoms with E-state index in [1.54, 1.807) is 0 Å². The first-order valence-electron chi connectivity index (χ1n) is 12.3. The molecule has 0 bridgehead atoms. The second kappa shape index (κ2) is 9.40. The zero-order valence-electron chi connectivity index (χ0n) is 20.6. The molecule has 0 spiro atoms. The topological polar surface area (TPSA) is 83.1 Å². The summed E-state index contributed by atoms with van der Waals surface area (Å²) in [7, 11) is 0.999. The third kappa shape index (κ3) is 4.51. The molecular formula is C26H35N5O2S. The lowest BCUT2D eigenvalue weighted by Gasteiger charge is -2.37. The van der Waals surface area contributed by atoms with Gasteiger partial charge in [-0.3, -0.25) is 4.21 Å². The fourth-order valence-electron chi connectivity index (χ4n) is 4.74. The van der Waals surface area contributed by atoms with Crippen molar-refractivity contribution in [2.45, 2.75) is 62.6 Å². The van der Waals surface area contributed by atoms with Crippen LogP contribution in [0.3, 0.4) is 0 Å². The maximum Gasteiger partial charge on any atom is 0.130 e. The standard InChI is InChI=1S/C26H35N5O2S/c1-5-19-16-33-11-10-31(19)25-13-17(26(2,3)34(32)20-6-7-20)12-23(30-25)22-9-8-21-24(29-22)14-18(28-21)15-27-4/h8-9,12-14,19-20,27-28H,5-7,10-11,15-16H2,1-4H3/t19-,34?/m0/s1. The molecule has 0 radical (unpaired) electrons. The van der Waals surface area contributed by atoms with E-state index in [2.05, 4.69) is 60.2 Å². The van der Waals surface area contributed by atoms with Crippen LogP contribution in [0, 0.1) is 0 Å². The number of pyridine rings is 2. The Labute approximate surface area is 204 Å². The van der Waals surface area contributed by atoms with Crippen LogP contribution in [-0.4, -0.2) is 57.3 Å². The molecule has 1 aliphatic heterocycles. The monoisotopic (exact) mass is 481 g/mol. The Morgan fingerprint density at radius 2 is 2.03 bits per heavy atom. The Hall–Kier alpha value is -2.29. The second-order valence-corrected chi connectivity index (χ2v) is 12.2. The van der Waals surface area contributed by atoms with Gasteiger partial charge in [0.2, 0.25) is 0 Å². The summed E-state index contributed by atoms with van der Waals surface area (Å²) in [6.07, 6.45) is 3.10. The highest BCUT2D eigenvalue weighted by molar-refractivity contribution is 7.86. The summed E-state index contributed by atoms with van der Waals surface area (Å²) in [5.74, 6) is 0.926. The lowest BCUT2D eigenvalue weighted by molar-refractivity contribution is 0.0926. The van der Waals surface area contributed by atoms with E-state index in [1.807, 2.05) is 13.1 Å². The van der Waals surface area contributed by atoms with Crippen molar-refractivity contribution < 1.29 is 8.95 Å². The van der Waals surface area contributed by atoms with Crippen LogP contribution in [0.25, 0.3) is 22.4 Å². The summed E-state index contributed by atoms with van der Waals surface area (Å²) < 4.78 is 18.6. The number of fused-ring (bicyclic) bond motifs is 1. The van der Waals surface area contributed by atoms with Crippen molar-refractivity contribution in [1.29, 1.82) is 0 Å². The summed E-state index contributed by atoms with van der Waals surface area (Å²) in [4.78, 5) is 15.8. The molecule has 0 amide bonds. The minimum Gasteiger partial charge on any atom is -0.377 e. The fraction of sp³-hybridized carbons (Fsp3) is 0.538. The SMILES string of the molecule is CC[C@H]1COCCN1c1cc(C(C)(C)S(=O)C2CC2)cc(-c2ccc3[nH]c(CNC)cc3n2)n1. The molecule has 7 nitrogen and oxygen atoms in total. The number of ether oxygens (including phenoxy) is 1. The molecule has 182 valence electrons. The van der Waals surface area contributed by atoms with E-state index in [0.717, 1.165) is 71.8 Å². The van der Waals surface area contributed by atoms with Gasteiger partial charge in [-0.25, -0.2) is 9.97 Å². The first kappa shape index (κ1) is 23.5. The molecule has 2 aliphatic rings. The molecule has 0 aromatic carbocycles. The minimum atomic E-state index is -0.935. The molecule has 34 heavy (non-hydrogen) atoms. The molecule has 4 heterocycles. The number of hydrogen-bond donors (Lipinski definition) is 2. The van der Waals surface area contributed by atoms with Gasteiger partial charge in [0.25, 0.3) is 0 Å². The van der Waals surface area contributed by atoms with Gasteiger partial charge in [0.15, 0.2) is 0 Å². The number of nitrogens with one attached hydrogen (secondary N) is 2. The number of nitrogens with zero attached hydrogens (tertiary/aromatic N) is 3. The van der Waals surface area contributed by atoms with Crippen LogP contribution >= 0.6 is 0 Å². The predicted octanol–water partition coefficient (Wildman–Crippen LogP) is 4.11. The molecule has 3 aromatic rings. The van der Waals surface area contributed by atoms with Crippen LogP contribution in [0.4, 0.5) is 5.82 Å². The molecule has 1 unspecified atom stereocenters. The number of aromatic amines is 1. The van der Waals surface area contributed by atoms with Gasteiger partial charge in [0.1, 0.15) is 5.82 Å². The van der Waals surface area contributed by atoms with Crippen LogP contribution in [0.15, 0.2) is 30.3 Å². The van der Waals surface area contributed by atoms with Gasteiger partial charge >= 0.3 is 0 Å². The smallest absolute Gasteiger partial charge is 0.130 e. The van der Waals surface area contributed by atoms with Crippen LogP contribution in [0.1, 0.15) is 51.3 Å². The Morgan fingerprint density at radius 1 is 1.21 bits per heavy atom. The van der Waals surface area contributed by atoms with Crippen molar-refractivity contribution in [2.24, 2.45) is 0 Å². The summed E-state index contributed by atoms with van der Waals surface area (Å²) in [6, 6.07) is 10.7. The third-order valence-corrected chi connectivity index (χ3v) is 9.31. The molecule has 5 rings (SSSR count). The Morgan fingerprint density at radius 3 is 2.76 bits per heavy atom. The quantitative estimate of drug-likeness (QED) is 0.504. The van der Waals surface area contributed by atoms with Crippen molar-refractivity contribution in [2.75, 3.05) is 31.7 Å². The van der Waals surface area contributed by atoms with E-state index < -0.39 is 15.5 Å². The van der Waals surface area contributed by atoms with Crippen molar-refractivity contribution in [3.05, 3.63) is 41.6 Å². The van der Waals surface area contributed by atoms with E-state index in [-0.39, 0.29) is 6.04 Å². The molecule has 2 fully saturated rings. The van der Waals surface area contributed by atoms with Gasteiger partial charge in [0, 0.05) is 34.8 Å². The zero-order valence-corrected chi connectivity index (χ0v) is 21.4. The largest absolute Gasteiger partial charge is 0.377 e. The lowest BCUT2D eigenvalue weighted by Crippen LogP contribution is -2.45. The van der Waals surface area contributed by atoms with Gasteiger partial charge in [0.05, 0.1) is 46.4 Å². The Bertz CT molecular complexity index is 1200. The van der Waals surface area contributed by atoms with E-state index in [9.17, 15) is 4.21 Å². The first-order chi connectivity index (χ1) is 16.4. The van der Waals surface area contributed by atoms with Crippen LogP contribution in [-0.2, 0) is 26.8 Å². The average molecular weight is 482 g/mol. The van der Waals surface area contributed by atoms with Crippen molar-refractivity contribution in [3.8, 4) is 11.4 Å².